The largest absolute Gasteiger partial charge is 0.448 e. The molecule has 0 fully saturated rings. The Balaban J connectivity index is 2.55. The predicted molar refractivity (Wildman–Crippen MR) is 61.0 cm³/mol. The minimum atomic E-state index is 0.253. The lowest BCUT2D eigenvalue weighted by atomic mass is 10.2. The molecule has 2 aromatic heterocycles. The van der Waals surface area contributed by atoms with Crippen LogP contribution in [-0.2, 0) is 6.54 Å². The Hall–Kier alpha value is -1.69. The van der Waals surface area contributed by atoms with Gasteiger partial charge in [-0.25, -0.2) is 4.68 Å². The van der Waals surface area contributed by atoms with Gasteiger partial charge in [0.25, 0.3) is 0 Å². The van der Waals surface area contributed by atoms with Gasteiger partial charge in [0.05, 0.1) is 6.54 Å². The fourth-order valence-corrected chi connectivity index (χ4v) is 1.66. The molecule has 0 aliphatic carbocycles. The first-order chi connectivity index (χ1) is 7.76. The molecule has 82 valence electrons. The van der Waals surface area contributed by atoms with Crippen molar-refractivity contribution in [2.45, 2.75) is 6.54 Å². The molecule has 2 rings (SSSR count). The van der Waals surface area contributed by atoms with E-state index in [0.29, 0.717) is 29.0 Å². The number of hydrogen-bond acceptors (Lipinski definition) is 4. The van der Waals surface area contributed by atoms with Crippen LogP contribution in [0.3, 0.4) is 0 Å². The van der Waals surface area contributed by atoms with Crippen LogP contribution < -0.4 is 0 Å². The Morgan fingerprint density at radius 2 is 2.38 bits per heavy atom. The van der Waals surface area contributed by atoms with E-state index in [-0.39, 0.29) is 5.69 Å². The zero-order valence-electron chi connectivity index (χ0n) is 8.26. The Bertz CT molecular complexity index is 530. The maximum atomic E-state index is 10.8. The van der Waals surface area contributed by atoms with Gasteiger partial charge < -0.3 is 4.42 Å². The lowest BCUT2D eigenvalue weighted by molar-refractivity contribution is 0.111. The van der Waals surface area contributed by atoms with Crippen LogP contribution in [0.2, 0.25) is 0 Å². The summed E-state index contributed by atoms with van der Waals surface area (Å²) < 4.78 is 7.53. The van der Waals surface area contributed by atoms with Crippen molar-refractivity contribution in [3.05, 3.63) is 35.2 Å². The molecule has 0 radical (unpaired) electrons. The molecule has 16 heavy (non-hydrogen) atoms. The molecule has 0 aromatic carbocycles. The van der Waals surface area contributed by atoms with Crippen LogP contribution in [0.1, 0.15) is 10.5 Å². The molecule has 0 amide bonds. The monoisotopic (exact) mass is 281 g/mol. The summed E-state index contributed by atoms with van der Waals surface area (Å²) in [5, 5.41) is 7.61. The molecule has 0 saturated carbocycles. The minimum Gasteiger partial charge on any atom is -0.448 e. The number of rotatable bonds is 4. The van der Waals surface area contributed by atoms with Crippen LogP contribution in [0.5, 0.6) is 0 Å². The van der Waals surface area contributed by atoms with E-state index in [4.69, 9.17) is 4.42 Å². The van der Waals surface area contributed by atoms with E-state index >= 15 is 0 Å². The first-order valence-corrected chi connectivity index (χ1v) is 5.31. The highest BCUT2D eigenvalue weighted by molar-refractivity contribution is 9.10. The van der Waals surface area contributed by atoms with Crippen LogP contribution in [0.15, 0.2) is 33.9 Å². The van der Waals surface area contributed by atoms with Crippen molar-refractivity contribution < 1.29 is 9.21 Å². The van der Waals surface area contributed by atoms with Crippen molar-refractivity contribution >= 4 is 22.2 Å². The highest BCUT2D eigenvalue weighted by Gasteiger charge is 2.16. The summed E-state index contributed by atoms with van der Waals surface area (Å²) in [5.74, 6) is 0.542. The van der Waals surface area contributed by atoms with Crippen molar-refractivity contribution in [3.8, 4) is 11.5 Å². The number of furan rings is 1. The van der Waals surface area contributed by atoms with Crippen LogP contribution >= 0.6 is 15.9 Å². The average Bonchev–Trinajstić information content (AvgIpc) is 2.85. The third-order valence-corrected chi connectivity index (χ3v) is 2.41. The number of carbonyl (C=O) groups is 1. The van der Waals surface area contributed by atoms with Gasteiger partial charge >= 0.3 is 0 Å². The molecule has 0 spiro atoms. The summed E-state index contributed by atoms with van der Waals surface area (Å²) in [5.41, 5.74) is 0.810. The molecule has 2 aromatic rings. The Kier molecular flexibility index (Phi) is 3.00. The Morgan fingerprint density at radius 1 is 1.56 bits per heavy atom. The maximum absolute atomic E-state index is 10.8. The van der Waals surface area contributed by atoms with Crippen molar-refractivity contribution in [3.63, 3.8) is 0 Å². The Labute approximate surface area is 99.9 Å². The van der Waals surface area contributed by atoms with Crippen LogP contribution in [-0.4, -0.2) is 21.3 Å². The molecule has 0 N–H and O–H groups in total. The summed E-state index contributed by atoms with van der Waals surface area (Å²) in [6, 6.07) is 3.49. The third kappa shape index (κ3) is 1.83. The maximum Gasteiger partial charge on any atom is 0.172 e. The quantitative estimate of drug-likeness (QED) is 0.637. The average molecular weight is 282 g/mol. The fourth-order valence-electron chi connectivity index (χ4n) is 1.35. The molecule has 6 heteroatoms. The summed E-state index contributed by atoms with van der Waals surface area (Å²) in [6.07, 6.45) is 2.32. The SMILES string of the molecule is C=CCn1nnc(C=O)c1-c1ccc(Br)o1. The van der Waals surface area contributed by atoms with Gasteiger partial charge in [0.1, 0.15) is 5.69 Å². The minimum absolute atomic E-state index is 0.253. The number of halogens is 1. The lowest BCUT2D eigenvalue weighted by Gasteiger charge is -2.00. The van der Waals surface area contributed by atoms with Gasteiger partial charge in [0, 0.05) is 0 Å². The summed E-state index contributed by atoms with van der Waals surface area (Å²) in [6.45, 7) is 4.08. The summed E-state index contributed by atoms with van der Waals surface area (Å²) in [7, 11) is 0. The second kappa shape index (κ2) is 4.44. The number of allylic oxidation sites excluding steroid dienone is 1. The van der Waals surface area contributed by atoms with Crippen LogP contribution in [0.4, 0.5) is 0 Å². The van der Waals surface area contributed by atoms with Gasteiger partial charge in [0.2, 0.25) is 0 Å². The smallest absolute Gasteiger partial charge is 0.172 e. The third-order valence-electron chi connectivity index (χ3n) is 1.98. The molecular weight excluding hydrogens is 274 g/mol. The van der Waals surface area contributed by atoms with E-state index in [0.717, 1.165) is 0 Å². The van der Waals surface area contributed by atoms with Crippen LogP contribution in [0.25, 0.3) is 11.5 Å². The number of aldehydes is 1. The normalized spacial score (nSPS) is 10.3. The first-order valence-electron chi connectivity index (χ1n) is 4.51. The van der Waals surface area contributed by atoms with Gasteiger partial charge in [-0.1, -0.05) is 11.3 Å². The van der Waals surface area contributed by atoms with Crippen LogP contribution in [0, 0.1) is 0 Å². The number of carbonyl (C=O) groups excluding carboxylic acids is 1. The van der Waals surface area contributed by atoms with E-state index in [9.17, 15) is 4.79 Å². The van der Waals surface area contributed by atoms with Crippen molar-refractivity contribution in [2.24, 2.45) is 0 Å². The van der Waals surface area contributed by atoms with E-state index in [1.807, 2.05) is 0 Å². The predicted octanol–water partition coefficient (Wildman–Crippen LogP) is 2.30. The first kappa shape index (κ1) is 10.8. The highest BCUT2D eigenvalue weighted by atomic mass is 79.9. The molecule has 0 saturated heterocycles. The van der Waals surface area contributed by atoms with Gasteiger partial charge in [-0.3, -0.25) is 4.79 Å². The van der Waals surface area contributed by atoms with Crippen molar-refractivity contribution in [1.29, 1.82) is 0 Å². The molecule has 2 heterocycles. The molecule has 0 aliphatic heterocycles. The standard InChI is InChI=1S/C10H8BrN3O2/c1-2-5-14-10(7(6-15)12-13-14)8-3-4-9(11)16-8/h2-4,6H,1,5H2. The van der Waals surface area contributed by atoms with Crippen molar-refractivity contribution in [2.75, 3.05) is 0 Å². The van der Waals surface area contributed by atoms with Gasteiger partial charge in [0.15, 0.2) is 22.4 Å². The lowest BCUT2D eigenvalue weighted by Crippen LogP contribution is -2.00. The highest BCUT2D eigenvalue weighted by Crippen LogP contribution is 2.26. The summed E-state index contributed by atoms with van der Waals surface area (Å²) >= 11 is 3.20. The topological polar surface area (TPSA) is 60.9 Å². The number of aromatic nitrogens is 3. The van der Waals surface area contributed by atoms with Gasteiger partial charge in [-0.2, -0.15) is 0 Å². The molecule has 0 aliphatic rings. The summed E-state index contributed by atoms with van der Waals surface area (Å²) in [4.78, 5) is 10.8. The van der Waals surface area contributed by atoms with E-state index in [2.05, 4.69) is 32.8 Å². The molecular formula is C10H8BrN3O2. The van der Waals surface area contributed by atoms with E-state index < -0.39 is 0 Å². The zero-order chi connectivity index (χ0) is 11.5. The molecule has 0 atom stereocenters. The second-order valence-corrected chi connectivity index (χ2v) is 3.80. The molecule has 0 bridgehead atoms. The fraction of sp³-hybridized carbons (Fsp3) is 0.100. The zero-order valence-corrected chi connectivity index (χ0v) is 9.85. The number of hydrogen-bond donors (Lipinski definition) is 0. The Morgan fingerprint density at radius 3 is 2.94 bits per heavy atom. The number of nitrogens with zero attached hydrogens (tertiary/aromatic N) is 3. The second-order valence-electron chi connectivity index (χ2n) is 3.02. The van der Waals surface area contributed by atoms with Gasteiger partial charge in [-0.05, 0) is 28.1 Å². The van der Waals surface area contributed by atoms with E-state index in [1.54, 1.807) is 22.9 Å². The van der Waals surface area contributed by atoms with Gasteiger partial charge in [-0.15, -0.1) is 11.7 Å². The molecule has 0 unspecified atom stereocenters. The van der Waals surface area contributed by atoms with E-state index in [1.165, 1.54) is 0 Å². The molecule has 5 nitrogen and oxygen atoms in total. The van der Waals surface area contributed by atoms with Crippen molar-refractivity contribution in [1.82, 2.24) is 15.0 Å².